The average Bonchev–Trinajstić information content (AvgIpc) is 3.22. The van der Waals surface area contributed by atoms with Crippen molar-refractivity contribution in [1.82, 2.24) is 20.2 Å². The molecule has 0 radical (unpaired) electrons. The number of piperidine rings is 1. The van der Waals surface area contributed by atoms with Crippen LogP contribution in [0.15, 0.2) is 30.3 Å². The predicted octanol–water partition coefficient (Wildman–Crippen LogP) is 3.95. The SMILES string of the molecule is CNCCN1CCC(c2cc(C)c3nc(-c4ccc(OC)cc4OC)[nH]c3c2)CC1. The van der Waals surface area contributed by atoms with Crippen LogP contribution in [0.1, 0.15) is 29.9 Å². The van der Waals surface area contributed by atoms with Crippen molar-refractivity contribution >= 4 is 11.0 Å². The van der Waals surface area contributed by atoms with Crippen LogP contribution in [0.4, 0.5) is 0 Å². The molecule has 1 aliphatic rings. The number of ether oxygens (including phenoxy) is 2. The van der Waals surface area contributed by atoms with Gasteiger partial charge in [0.1, 0.15) is 17.3 Å². The maximum absolute atomic E-state index is 5.58. The van der Waals surface area contributed by atoms with Crippen LogP contribution in [-0.2, 0) is 0 Å². The second kappa shape index (κ2) is 9.06. The van der Waals surface area contributed by atoms with Gasteiger partial charge in [-0.3, -0.25) is 0 Å². The van der Waals surface area contributed by atoms with Crippen LogP contribution >= 0.6 is 0 Å². The minimum Gasteiger partial charge on any atom is -0.497 e. The minimum atomic E-state index is 0.612. The number of hydrogen-bond acceptors (Lipinski definition) is 5. The lowest BCUT2D eigenvalue weighted by Gasteiger charge is -2.32. The van der Waals surface area contributed by atoms with E-state index in [4.69, 9.17) is 14.5 Å². The molecule has 3 aromatic rings. The van der Waals surface area contributed by atoms with E-state index in [1.54, 1.807) is 14.2 Å². The maximum atomic E-state index is 5.58. The van der Waals surface area contributed by atoms with Gasteiger partial charge in [-0.2, -0.15) is 0 Å². The van der Waals surface area contributed by atoms with E-state index in [0.717, 1.165) is 47.0 Å². The molecule has 6 nitrogen and oxygen atoms in total. The highest BCUT2D eigenvalue weighted by atomic mass is 16.5. The van der Waals surface area contributed by atoms with Gasteiger partial charge in [-0.05, 0) is 75.1 Å². The lowest BCUT2D eigenvalue weighted by molar-refractivity contribution is 0.214. The first-order valence-corrected chi connectivity index (χ1v) is 10.7. The highest BCUT2D eigenvalue weighted by molar-refractivity contribution is 5.84. The summed E-state index contributed by atoms with van der Waals surface area (Å²) in [6, 6.07) is 10.4. The molecular weight excluding hydrogens is 376 g/mol. The van der Waals surface area contributed by atoms with Crippen molar-refractivity contribution in [2.75, 3.05) is 47.4 Å². The monoisotopic (exact) mass is 408 g/mol. The Morgan fingerprint density at radius 3 is 2.63 bits per heavy atom. The molecule has 2 N–H and O–H groups in total. The largest absolute Gasteiger partial charge is 0.497 e. The Hall–Kier alpha value is -2.57. The smallest absolute Gasteiger partial charge is 0.142 e. The number of H-pyrrole nitrogens is 1. The maximum Gasteiger partial charge on any atom is 0.142 e. The number of fused-ring (bicyclic) bond motifs is 1. The number of nitrogens with zero attached hydrogens (tertiary/aromatic N) is 2. The van der Waals surface area contributed by atoms with Gasteiger partial charge in [0.15, 0.2) is 0 Å². The zero-order chi connectivity index (χ0) is 21.1. The molecular formula is C24H32N4O2. The lowest BCUT2D eigenvalue weighted by Crippen LogP contribution is -2.37. The summed E-state index contributed by atoms with van der Waals surface area (Å²) in [5.74, 6) is 2.96. The van der Waals surface area contributed by atoms with E-state index in [1.807, 2.05) is 25.2 Å². The average molecular weight is 409 g/mol. The van der Waals surface area contributed by atoms with Crippen LogP contribution in [0.2, 0.25) is 0 Å². The number of aromatic nitrogens is 2. The van der Waals surface area contributed by atoms with E-state index in [-0.39, 0.29) is 0 Å². The first kappa shape index (κ1) is 20.7. The van der Waals surface area contributed by atoms with Crippen LogP contribution in [0.5, 0.6) is 11.5 Å². The number of methoxy groups -OCH3 is 2. The second-order valence-corrected chi connectivity index (χ2v) is 8.11. The summed E-state index contributed by atoms with van der Waals surface area (Å²) in [6.45, 7) is 6.68. The minimum absolute atomic E-state index is 0.612. The van der Waals surface area contributed by atoms with Gasteiger partial charge in [-0.15, -0.1) is 0 Å². The molecule has 0 aliphatic carbocycles. The number of benzene rings is 2. The molecule has 0 saturated carbocycles. The molecule has 0 amide bonds. The number of hydrogen-bond donors (Lipinski definition) is 2. The van der Waals surface area contributed by atoms with Gasteiger partial charge in [0.05, 0.1) is 30.8 Å². The highest BCUT2D eigenvalue weighted by Crippen LogP contribution is 2.35. The molecule has 30 heavy (non-hydrogen) atoms. The number of likely N-dealkylation sites (tertiary alicyclic amines) is 1. The predicted molar refractivity (Wildman–Crippen MR) is 122 cm³/mol. The van der Waals surface area contributed by atoms with Gasteiger partial charge in [0, 0.05) is 19.2 Å². The summed E-state index contributed by atoms with van der Waals surface area (Å²) in [5.41, 5.74) is 5.70. The van der Waals surface area contributed by atoms with E-state index in [1.165, 1.54) is 37.1 Å². The summed E-state index contributed by atoms with van der Waals surface area (Å²) >= 11 is 0. The van der Waals surface area contributed by atoms with Crippen LogP contribution in [0, 0.1) is 6.92 Å². The van der Waals surface area contributed by atoms with Crippen molar-refractivity contribution in [3.63, 3.8) is 0 Å². The molecule has 2 aromatic carbocycles. The molecule has 0 atom stereocenters. The molecule has 0 unspecified atom stereocenters. The van der Waals surface area contributed by atoms with Crippen molar-refractivity contribution in [1.29, 1.82) is 0 Å². The van der Waals surface area contributed by atoms with Gasteiger partial charge < -0.3 is 24.7 Å². The molecule has 160 valence electrons. The standard InChI is InChI=1S/C24H32N4O2/c1-16-13-18(17-7-10-28(11-8-17)12-9-25-2)14-21-23(16)27-24(26-21)20-6-5-19(29-3)15-22(20)30-4/h5-6,13-15,17,25H,7-12H2,1-4H3,(H,26,27). The third-order valence-corrected chi connectivity index (χ3v) is 6.20. The van der Waals surface area contributed by atoms with Crippen LogP contribution < -0.4 is 14.8 Å². The van der Waals surface area contributed by atoms with Crippen molar-refractivity contribution in [2.24, 2.45) is 0 Å². The van der Waals surface area contributed by atoms with Gasteiger partial charge in [-0.1, -0.05) is 6.07 Å². The molecule has 0 bridgehead atoms. The van der Waals surface area contributed by atoms with Gasteiger partial charge in [-0.25, -0.2) is 4.98 Å². The Morgan fingerprint density at radius 2 is 1.93 bits per heavy atom. The molecule has 0 spiro atoms. The van der Waals surface area contributed by atoms with Gasteiger partial charge in [0.25, 0.3) is 0 Å². The first-order valence-electron chi connectivity index (χ1n) is 10.7. The van der Waals surface area contributed by atoms with E-state index in [9.17, 15) is 0 Å². The fourth-order valence-corrected chi connectivity index (χ4v) is 4.44. The van der Waals surface area contributed by atoms with Crippen LogP contribution in [-0.4, -0.2) is 62.3 Å². The number of aryl methyl sites for hydroxylation is 1. The molecule has 1 saturated heterocycles. The Labute approximate surface area is 178 Å². The summed E-state index contributed by atoms with van der Waals surface area (Å²) < 4.78 is 10.9. The first-order chi connectivity index (χ1) is 14.6. The van der Waals surface area contributed by atoms with Crippen molar-refractivity contribution < 1.29 is 9.47 Å². The Kier molecular flexibility index (Phi) is 6.25. The third kappa shape index (κ3) is 4.16. The van der Waals surface area contributed by atoms with Crippen molar-refractivity contribution in [2.45, 2.75) is 25.7 Å². The van der Waals surface area contributed by atoms with E-state index in [2.05, 4.69) is 34.3 Å². The molecule has 1 aromatic heterocycles. The summed E-state index contributed by atoms with van der Waals surface area (Å²) in [4.78, 5) is 11.0. The zero-order valence-corrected chi connectivity index (χ0v) is 18.4. The molecule has 4 rings (SSSR count). The number of aromatic amines is 1. The Morgan fingerprint density at radius 1 is 1.13 bits per heavy atom. The number of rotatable bonds is 7. The van der Waals surface area contributed by atoms with Crippen molar-refractivity contribution in [3.05, 3.63) is 41.5 Å². The van der Waals surface area contributed by atoms with E-state index in [0.29, 0.717) is 5.92 Å². The van der Waals surface area contributed by atoms with Crippen LogP contribution in [0.3, 0.4) is 0 Å². The normalized spacial score (nSPS) is 15.6. The highest BCUT2D eigenvalue weighted by Gasteiger charge is 2.22. The number of likely N-dealkylation sites (N-methyl/N-ethyl adjacent to an activating group) is 1. The Balaban J connectivity index is 1.60. The number of imidazole rings is 1. The summed E-state index contributed by atoms with van der Waals surface area (Å²) in [6.07, 6.45) is 2.42. The third-order valence-electron chi connectivity index (χ3n) is 6.20. The molecule has 2 heterocycles. The summed E-state index contributed by atoms with van der Waals surface area (Å²) in [5, 5.41) is 3.25. The fraction of sp³-hybridized carbons (Fsp3) is 0.458. The fourth-order valence-electron chi connectivity index (χ4n) is 4.44. The van der Waals surface area contributed by atoms with E-state index < -0.39 is 0 Å². The number of nitrogens with one attached hydrogen (secondary N) is 2. The molecule has 6 heteroatoms. The quantitative estimate of drug-likeness (QED) is 0.620. The van der Waals surface area contributed by atoms with E-state index >= 15 is 0 Å². The topological polar surface area (TPSA) is 62.4 Å². The molecule has 1 fully saturated rings. The van der Waals surface area contributed by atoms with Crippen molar-refractivity contribution in [3.8, 4) is 22.9 Å². The van der Waals surface area contributed by atoms with Gasteiger partial charge >= 0.3 is 0 Å². The Bertz CT molecular complexity index is 1010. The zero-order valence-electron chi connectivity index (χ0n) is 18.4. The lowest BCUT2D eigenvalue weighted by atomic mass is 9.88. The molecule has 1 aliphatic heterocycles. The second-order valence-electron chi connectivity index (χ2n) is 8.11. The van der Waals surface area contributed by atoms with Gasteiger partial charge in [0.2, 0.25) is 0 Å². The van der Waals surface area contributed by atoms with Crippen LogP contribution in [0.25, 0.3) is 22.4 Å². The summed E-state index contributed by atoms with van der Waals surface area (Å²) in [7, 11) is 5.35.